The molecule has 18 heavy (non-hydrogen) atoms. The van der Waals surface area contributed by atoms with Crippen LogP contribution in [0.1, 0.15) is 24.8 Å². The smallest absolute Gasteiger partial charge is 0.315 e. The Morgan fingerprint density at radius 3 is 2.44 bits per heavy atom. The van der Waals surface area contributed by atoms with Crippen molar-refractivity contribution < 1.29 is 14.7 Å². The number of hydrogen-bond acceptors (Lipinski definition) is 2. The quantitative estimate of drug-likeness (QED) is 0.645. The highest BCUT2D eigenvalue weighted by molar-refractivity contribution is 5.73. The van der Waals surface area contributed by atoms with Crippen molar-refractivity contribution in [1.82, 2.24) is 10.6 Å². The van der Waals surface area contributed by atoms with Gasteiger partial charge in [0.1, 0.15) is 0 Å². The molecule has 0 aliphatic rings. The summed E-state index contributed by atoms with van der Waals surface area (Å²) in [5, 5.41) is 13.8. The summed E-state index contributed by atoms with van der Waals surface area (Å²) in [5.74, 6) is -0.802. The van der Waals surface area contributed by atoms with Crippen LogP contribution in [0.25, 0.3) is 0 Å². The Balaban J connectivity index is 2.06. The highest BCUT2D eigenvalue weighted by atomic mass is 16.4. The fraction of sp³-hybridized carbons (Fsp3) is 0.385. The van der Waals surface area contributed by atoms with Gasteiger partial charge in [-0.2, -0.15) is 0 Å². The molecule has 0 heterocycles. The standard InChI is InChI=1S/C13H18N2O3/c16-12(17)8-4-5-9-14-13(18)15-10-11-6-2-1-3-7-11/h1-3,6-7H,4-5,8-10H2,(H,16,17)(H2,14,15,18). The maximum absolute atomic E-state index is 11.4. The number of amides is 2. The number of unbranched alkanes of at least 4 members (excludes halogenated alkanes) is 1. The van der Waals surface area contributed by atoms with E-state index < -0.39 is 5.97 Å². The van der Waals surface area contributed by atoms with E-state index in [1.165, 1.54) is 0 Å². The van der Waals surface area contributed by atoms with Gasteiger partial charge >= 0.3 is 12.0 Å². The number of carbonyl (C=O) groups excluding carboxylic acids is 1. The number of carboxylic acids is 1. The van der Waals surface area contributed by atoms with Crippen molar-refractivity contribution in [2.45, 2.75) is 25.8 Å². The predicted molar refractivity (Wildman–Crippen MR) is 68.2 cm³/mol. The van der Waals surface area contributed by atoms with Gasteiger partial charge in [0.2, 0.25) is 0 Å². The largest absolute Gasteiger partial charge is 0.481 e. The van der Waals surface area contributed by atoms with Gasteiger partial charge in [-0.1, -0.05) is 30.3 Å². The van der Waals surface area contributed by atoms with Crippen molar-refractivity contribution in [3.05, 3.63) is 35.9 Å². The fourth-order valence-electron chi connectivity index (χ4n) is 1.44. The van der Waals surface area contributed by atoms with Gasteiger partial charge in [-0.25, -0.2) is 4.79 Å². The van der Waals surface area contributed by atoms with Crippen LogP contribution in [-0.4, -0.2) is 23.7 Å². The highest BCUT2D eigenvalue weighted by Crippen LogP contribution is 1.97. The summed E-state index contributed by atoms with van der Waals surface area (Å²) >= 11 is 0. The third-order valence-corrected chi connectivity index (χ3v) is 2.40. The zero-order valence-corrected chi connectivity index (χ0v) is 10.2. The van der Waals surface area contributed by atoms with Gasteiger partial charge < -0.3 is 15.7 Å². The van der Waals surface area contributed by atoms with E-state index in [2.05, 4.69) is 10.6 Å². The lowest BCUT2D eigenvalue weighted by Gasteiger charge is -2.07. The minimum atomic E-state index is -0.802. The summed E-state index contributed by atoms with van der Waals surface area (Å²) in [6.07, 6.45) is 1.40. The first-order chi connectivity index (χ1) is 8.68. The molecule has 1 aromatic rings. The molecule has 0 aliphatic carbocycles. The predicted octanol–water partition coefficient (Wildman–Crippen LogP) is 1.74. The highest BCUT2D eigenvalue weighted by Gasteiger charge is 2.00. The summed E-state index contributed by atoms with van der Waals surface area (Å²) < 4.78 is 0. The molecular formula is C13H18N2O3. The average molecular weight is 250 g/mol. The lowest BCUT2D eigenvalue weighted by Crippen LogP contribution is -2.35. The topological polar surface area (TPSA) is 78.4 Å². The molecular weight excluding hydrogens is 232 g/mol. The van der Waals surface area contributed by atoms with Gasteiger partial charge in [-0.15, -0.1) is 0 Å². The van der Waals surface area contributed by atoms with E-state index in [1.807, 2.05) is 30.3 Å². The molecule has 0 bridgehead atoms. The van der Waals surface area contributed by atoms with Crippen LogP contribution in [0.2, 0.25) is 0 Å². The molecule has 0 saturated heterocycles. The van der Waals surface area contributed by atoms with Gasteiger partial charge in [0.05, 0.1) is 0 Å². The van der Waals surface area contributed by atoms with E-state index in [0.29, 0.717) is 25.9 Å². The molecule has 0 aromatic heterocycles. The number of carboxylic acid groups (broad SMARTS) is 1. The number of carbonyl (C=O) groups is 2. The van der Waals surface area contributed by atoms with Crippen molar-refractivity contribution in [3.63, 3.8) is 0 Å². The summed E-state index contributed by atoms with van der Waals surface area (Å²) in [7, 11) is 0. The maximum atomic E-state index is 11.4. The van der Waals surface area contributed by atoms with Crippen LogP contribution in [0.15, 0.2) is 30.3 Å². The van der Waals surface area contributed by atoms with E-state index in [-0.39, 0.29) is 12.5 Å². The average Bonchev–Trinajstić information content (AvgIpc) is 2.37. The number of aliphatic carboxylic acids is 1. The molecule has 1 aromatic carbocycles. The number of benzene rings is 1. The second kappa shape index (κ2) is 8.11. The number of nitrogens with one attached hydrogen (secondary N) is 2. The Morgan fingerprint density at radius 1 is 1.06 bits per heavy atom. The van der Waals surface area contributed by atoms with E-state index in [9.17, 15) is 9.59 Å². The monoisotopic (exact) mass is 250 g/mol. The first-order valence-corrected chi connectivity index (χ1v) is 5.96. The zero-order chi connectivity index (χ0) is 13.2. The minimum absolute atomic E-state index is 0.146. The van der Waals surface area contributed by atoms with Crippen molar-refractivity contribution in [2.75, 3.05) is 6.54 Å². The molecule has 0 saturated carbocycles. The van der Waals surface area contributed by atoms with E-state index in [1.54, 1.807) is 0 Å². The molecule has 5 heteroatoms. The van der Waals surface area contributed by atoms with E-state index >= 15 is 0 Å². The van der Waals surface area contributed by atoms with E-state index in [4.69, 9.17) is 5.11 Å². The normalized spacial score (nSPS) is 9.78. The summed E-state index contributed by atoms with van der Waals surface area (Å²) in [6, 6.07) is 9.41. The van der Waals surface area contributed by atoms with Crippen LogP contribution in [0.5, 0.6) is 0 Å². The molecule has 5 nitrogen and oxygen atoms in total. The Morgan fingerprint density at radius 2 is 1.78 bits per heavy atom. The molecule has 98 valence electrons. The van der Waals surface area contributed by atoms with Gasteiger partial charge in [0.15, 0.2) is 0 Å². The van der Waals surface area contributed by atoms with Crippen LogP contribution >= 0.6 is 0 Å². The summed E-state index contributed by atoms with van der Waals surface area (Å²) in [4.78, 5) is 21.6. The lowest BCUT2D eigenvalue weighted by molar-refractivity contribution is -0.137. The second-order valence-electron chi connectivity index (χ2n) is 3.95. The molecule has 3 N–H and O–H groups in total. The first-order valence-electron chi connectivity index (χ1n) is 5.96. The van der Waals surface area contributed by atoms with Crippen molar-refractivity contribution in [1.29, 1.82) is 0 Å². The molecule has 1 rings (SSSR count). The zero-order valence-electron chi connectivity index (χ0n) is 10.2. The van der Waals surface area contributed by atoms with Crippen LogP contribution in [0.4, 0.5) is 4.79 Å². The molecule has 0 fully saturated rings. The SMILES string of the molecule is O=C(O)CCCCNC(=O)NCc1ccccc1. The van der Waals surface area contributed by atoms with Gasteiger partial charge in [-0.3, -0.25) is 4.79 Å². The Kier molecular flexibility index (Phi) is 6.32. The van der Waals surface area contributed by atoms with Crippen molar-refractivity contribution in [3.8, 4) is 0 Å². The number of urea groups is 1. The maximum Gasteiger partial charge on any atom is 0.315 e. The van der Waals surface area contributed by atoms with Crippen LogP contribution in [0, 0.1) is 0 Å². The second-order valence-corrected chi connectivity index (χ2v) is 3.95. The Bertz CT molecular complexity index is 379. The van der Waals surface area contributed by atoms with E-state index in [0.717, 1.165) is 5.56 Å². The molecule has 0 spiro atoms. The van der Waals surface area contributed by atoms with Gasteiger partial charge in [0.25, 0.3) is 0 Å². The summed E-state index contributed by atoms with van der Waals surface area (Å²) in [6.45, 7) is 0.982. The van der Waals surface area contributed by atoms with Gasteiger partial charge in [-0.05, 0) is 18.4 Å². The third kappa shape index (κ3) is 6.52. The Labute approximate surface area is 106 Å². The minimum Gasteiger partial charge on any atom is -0.481 e. The fourth-order valence-corrected chi connectivity index (χ4v) is 1.44. The number of rotatable bonds is 7. The van der Waals surface area contributed by atoms with Gasteiger partial charge in [0, 0.05) is 19.5 Å². The molecule has 0 aliphatic heterocycles. The lowest BCUT2D eigenvalue weighted by atomic mass is 10.2. The summed E-state index contributed by atoms with van der Waals surface area (Å²) in [5.41, 5.74) is 1.04. The molecule has 0 atom stereocenters. The molecule has 2 amide bonds. The molecule has 0 unspecified atom stereocenters. The van der Waals surface area contributed by atoms with Crippen molar-refractivity contribution >= 4 is 12.0 Å². The van der Waals surface area contributed by atoms with Crippen molar-refractivity contribution in [2.24, 2.45) is 0 Å². The van der Waals surface area contributed by atoms with Crippen LogP contribution < -0.4 is 10.6 Å². The third-order valence-electron chi connectivity index (χ3n) is 2.40. The molecule has 0 radical (unpaired) electrons. The first kappa shape index (κ1) is 14.0. The number of hydrogen-bond donors (Lipinski definition) is 3. The van der Waals surface area contributed by atoms with Crippen LogP contribution in [0.3, 0.4) is 0 Å². The Hall–Kier alpha value is -2.04. The van der Waals surface area contributed by atoms with Crippen LogP contribution in [-0.2, 0) is 11.3 Å².